The van der Waals surface area contributed by atoms with Gasteiger partial charge in [0, 0.05) is 22.1 Å². The molecule has 0 saturated heterocycles. The van der Waals surface area contributed by atoms with Gasteiger partial charge in [-0.2, -0.15) is 0 Å². The Morgan fingerprint density at radius 3 is 2.67 bits per heavy atom. The highest BCUT2D eigenvalue weighted by atomic mass is 35.5. The van der Waals surface area contributed by atoms with E-state index in [1.54, 1.807) is 0 Å². The number of aromatic amines is 1. The number of aromatic nitrogens is 1. The third-order valence-electron chi connectivity index (χ3n) is 2.84. The Labute approximate surface area is 110 Å². The number of fused-ring (bicyclic) bond motifs is 1. The Morgan fingerprint density at radius 1 is 1.00 bits per heavy atom. The fourth-order valence-electron chi connectivity index (χ4n) is 1.87. The molecule has 1 N–H and O–H groups in total. The molecule has 0 atom stereocenters. The lowest BCUT2D eigenvalue weighted by Crippen LogP contribution is -1.94. The molecule has 0 aliphatic carbocycles. The summed E-state index contributed by atoms with van der Waals surface area (Å²) in [6, 6.07) is 15.7. The molecule has 18 heavy (non-hydrogen) atoms. The number of halogens is 1. The zero-order valence-corrected chi connectivity index (χ0v) is 10.4. The number of H-pyrrole nitrogens is 1. The van der Waals surface area contributed by atoms with Crippen molar-refractivity contribution >= 4 is 22.5 Å². The lowest BCUT2D eigenvalue weighted by molar-refractivity contribution is 0.306. The van der Waals surface area contributed by atoms with E-state index in [1.807, 2.05) is 54.7 Å². The van der Waals surface area contributed by atoms with E-state index in [9.17, 15) is 0 Å². The van der Waals surface area contributed by atoms with Gasteiger partial charge in [0.2, 0.25) is 0 Å². The molecule has 0 spiro atoms. The van der Waals surface area contributed by atoms with Gasteiger partial charge in [0.15, 0.2) is 0 Å². The second-order valence-electron chi connectivity index (χ2n) is 4.14. The molecule has 90 valence electrons. The van der Waals surface area contributed by atoms with Crippen LogP contribution < -0.4 is 4.74 Å². The van der Waals surface area contributed by atoms with Gasteiger partial charge >= 0.3 is 0 Å². The summed E-state index contributed by atoms with van der Waals surface area (Å²) in [6.07, 6.45) is 1.92. The average molecular weight is 258 g/mol. The van der Waals surface area contributed by atoms with Crippen molar-refractivity contribution < 1.29 is 4.74 Å². The average Bonchev–Trinajstić information content (AvgIpc) is 2.85. The topological polar surface area (TPSA) is 25.0 Å². The molecule has 0 unspecified atom stereocenters. The van der Waals surface area contributed by atoms with Gasteiger partial charge in [-0.1, -0.05) is 23.7 Å². The minimum absolute atomic E-state index is 0.549. The van der Waals surface area contributed by atoms with Crippen molar-refractivity contribution in [2.45, 2.75) is 6.61 Å². The summed E-state index contributed by atoms with van der Waals surface area (Å²) < 4.78 is 5.75. The van der Waals surface area contributed by atoms with E-state index in [1.165, 1.54) is 0 Å². The van der Waals surface area contributed by atoms with E-state index in [2.05, 4.69) is 4.98 Å². The molecule has 3 rings (SSSR count). The highest BCUT2D eigenvalue weighted by Crippen LogP contribution is 2.20. The molecule has 1 aromatic heterocycles. The van der Waals surface area contributed by atoms with Crippen molar-refractivity contribution in [1.82, 2.24) is 4.98 Å². The van der Waals surface area contributed by atoms with Crippen molar-refractivity contribution in [3.05, 3.63) is 65.3 Å². The van der Waals surface area contributed by atoms with Crippen molar-refractivity contribution in [2.75, 3.05) is 0 Å². The first kappa shape index (κ1) is 11.2. The number of rotatable bonds is 3. The summed E-state index contributed by atoms with van der Waals surface area (Å²) >= 11 is 5.84. The van der Waals surface area contributed by atoms with Crippen LogP contribution in [0, 0.1) is 0 Å². The van der Waals surface area contributed by atoms with Gasteiger partial charge in [0.1, 0.15) is 12.4 Å². The predicted octanol–water partition coefficient (Wildman–Crippen LogP) is 4.40. The van der Waals surface area contributed by atoms with E-state index in [0.717, 1.165) is 27.2 Å². The fraction of sp³-hybridized carbons (Fsp3) is 0.0667. The van der Waals surface area contributed by atoms with Crippen LogP contribution >= 0.6 is 11.6 Å². The van der Waals surface area contributed by atoms with Crippen LogP contribution in [0.2, 0.25) is 5.02 Å². The van der Waals surface area contributed by atoms with Crippen LogP contribution in [0.25, 0.3) is 10.9 Å². The number of hydrogen-bond acceptors (Lipinski definition) is 1. The summed E-state index contributed by atoms with van der Waals surface area (Å²) in [5.41, 5.74) is 2.22. The Kier molecular flexibility index (Phi) is 2.95. The molecule has 1 heterocycles. The Hall–Kier alpha value is -1.93. The van der Waals surface area contributed by atoms with E-state index in [-0.39, 0.29) is 0 Å². The minimum Gasteiger partial charge on any atom is -0.489 e. The molecule has 2 nitrogen and oxygen atoms in total. The zero-order valence-electron chi connectivity index (χ0n) is 9.69. The molecule has 0 amide bonds. The highest BCUT2D eigenvalue weighted by Gasteiger charge is 1.99. The van der Waals surface area contributed by atoms with Crippen LogP contribution in [-0.4, -0.2) is 4.98 Å². The molecule has 3 aromatic rings. The van der Waals surface area contributed by atoms with Gasteiger partial charge < -0.3 is 9.72 Å². The normalized spacial score (nSPS) is 10.7. The lowest BCUT2D eigenvalue weighted by Gasteiger charge is -2.06. The fourth-order valence-corrected chi connectivity index (χ4v) is 1.99. The van der Waals surface area contributed by atoms with Gasteiger partial charge in [-0.3, -0.25) is 0 Å². The minimum atomic E-state index is 0.549. The maximum atomic E-state index is 5.84. The van der Waals surface area contributed by atoms with Crippen LogP contribution in [-0.2, 0) is 6.61 Å². The SMILES string of the molecule is Clc1ccc(COc2ccc3[nH]ccc3c2)cc1. The van der Waals surface area contributed by atoms with Crippen molar-refractivity contribution in [3.63, 3.8) is 0 Å². The molecule has 0 aliphatic heterocycles. The van der Waals surface area contributed by atoms with Crippen molar-refractivity contribution in [1.29, 1.82) is 0 Å². The third-order valence-corrected chi connectivity index (χ3v) is 3.10. The number of benzene rings is 2. The van der Waals surface area contributed by atoms with Crippen molar-refractivity contribution in [3.8, 4) is 5.75 Å². The molecule has 0 bridgehead atoms. The summed E-state index contributed by atoms with van der Waals surface area (Å²) in [5, 5.41) is 1.90. The molecule has 0 fully saturated rings. The smallest absolute Gasteiger partial charge is 0.120 e. The standard InChI is InChI=1S/C15H12ClNO/c16-13-3-1-11(2-4-13)10-18-14-5-6-15-12(9-14)7-8-17-15/h1-9,17H,10H2. The Bertz CT molecular complexity index is 658. The second kappa shape index (κ2) is 4.75. The Morgan fingerprint density at radius 2 is 1.83 bits per heavy atom. The molecule has 2 aromatic carbocycles. The van der Waals surface area contributed by atoms with Gasteiger partial charge in [0.25, 0.3) is 0 Å². The number of nitrogens with one attached hydrogen (secondary N) is 1. The third kappa shape index (κ3) is 2.34. The lowest BCUT2D eigenvalue weighted by atomic mass is 10.2. The highest BCUT2D eigenvalue weighted by molar-refractivity contribution is 6.30. The summed E-state index contributed by atoms with van der Waals surface area (Å²) in [6.45, 7) is 0.549. The first-order valence-corrected chi connectivity index (χ1v) is 6.13. The van der Waals surface area contributed by atoms with Gasteiger partial charge in [-0.15, -0.1) is 0 Å². The van der Waals surface area contributed by atoms with Crippen LogP contribution in [0.5, 0.6) is 5.75 Å². The molecule has 0 aliphatic rings. The van der Waals surface area contributed by atoms with Gasteiger partial charge in [0.05, 0.1) is 0 Å². The van der Waals surface area contributed by atoms with Gasteiger partial charge in [-0.05, 0) is 42.0 Å². The molecule has 0 saturated carbocycles. The first-order valence-electron chi connectivity index (χ1n) is 5.76. The van der Waals surface area contributed by atoms with Crippen LogP contribution in [0.4, 0.5) is 0 Å². The molecular weight excluding hydrogens is 246 g/mol. The first-order chi connectivity index (χ1) is 8.81. The van der Waals surface area contributed by atoms with Crippen LogP contribution in [0.1, 0.15) is 5.56 Å². The molecule has 3 heteroatoms. The predicted molar refractivity (Wildman–Crippen MR) is 74.1 cm³/mol. The Balaban J connectivity index is 1.74. The second-order valence-corrected chi connectivity index (χ2v) is 4.58. The summed E-state index contributed by atoms with van der Waals surface area (Å²) in [7, 11) is 0. The summed E-state index contributed by atoms with van der Waals surface area (Å²) in [4.78, 5) is 3.16. The maximum Gasteiger partial charge on any atom is 0.120 e. The monoisotopic (exact) mass is 257 g/mol. The van der Waals surface area contributed by atoms with E-state index in [4.69, 9.17) is 16.3 Å². The summed E-state index contributed by atoms with van der Waals surface area (Å²) in [5.74, 6) is 0.872. The molecule has 0 radical (unpaired) electrons. The largest absolute Gasteiger partial charge is 0.489 e. The maximum absolute atomic E-state index is 5.84. The van der Waals surface area contributed by atoms with E-state index in [0.29, 0.717) is 6.61 Å². The van der Waals surface area contributed by atoms with E-state index >= 15 is 0 Å². The van der Waals surface area contributed by atoms with E-state index < -0.39 is 0 Å². The van der Waals surface area contributed by atoms with Crippen molar-refractivity contribution in [2.24, 2.45) is 0 Å². The molecular formula is C15H12ClNO. The van der Waals surface area contributed by atoms with Crippen LogP contribution in [0.15, 0.2) is 54.7 Å². The van der Waals surface area contributed by atoms with Crippen LogP contribution in [0.3, 0.4) is 0 Å². The number of hydrogen-bond donors (Lipinski definition) is 1. The quantitative estimate of drug-likeness (QED) is 0.739. The zero-order chi connectivity index (χ0) is 12.4. The van der Waals surface area contributed by atoms with Gasteiger partial charge in [-0.25, -0.2) is 0 Å². The number of ether oxygens (including phenoxy) is 1.